The van der Waals surface area contributed by atoms with E-state index in [1.807, 2.05) is 12.1 Å². The first kappa shape index (κ1) is 27.8. The van der Waals surface area contributed by atoms with Crippen LogP contribution in [-0.2, 0) is 20.9 Å². The van der Waals surface area contributed by atoms with Crippen molar-refractivity contribution in [3.63, 3.8) is 0 Å². The van der Waals surface area contributed by atoms with E-state index in [-0.39, 0.29) is 23.2 Å². The normalized spacial score (nSPS) is 19.6. The van der Waals surface area contributed by atoms with Gasteiger partial charge in [-0.3, -0.25) is 23.7 Å². The van der Waals surface area contributed by atoms with Gasteiger partial charge in [0.1, 0.15) is 17.5 Å². The Morgan fingerprint density at radius 3 is 2.32 bits per heavy atom. The van der Waals surface area contributed by atoms with E-state index in [1.165, 1.54) is 21.2 Å². The number of thiazole rings is 1. The summed E-state index contributed by atoms with van der Waals surface area (Å²) in [5, 5.41) is 3.07. The number of imide groups is 1. The van der Waals surface area contributed by atoms with Gasteiger partial charge in [0.05, 0.1) is 23.7 Å². The minimum Gasteiger partial charge on any atom is -0.497 e. The molecule has 1 fully saturated rings. The summed E-state index contributed by atoms with van der Waals surface area (Å²) in [4.78, 5) is 55.6. The summed E-state index contributed by atoms with van der Waals surface area (Å²) < 4.78 is 7.53. The largest absolute Gasteiger partial charge is 0.497 e. The summed E-state index contributed by atoms with van der Waals surface area (Å²) in [6.07, 6.45) is 0. The second kappa shape index (κ2) is 11.1. The first-order valence-electron chi connectivity index (χ1n) is 12.5. The first-order chi connectivity index (χ1) is 19.7. The molecule has 3 atom stereocenters. The summed E-state index contributed by atoms with van der Waals surface area (Å²) in [6.45, 7) is -0.244. The van der Waals surface area contributed by atoms with Crippen LogP contribution < -0.4 is 19.8 Å². The Bertz CT molecular complexity index is 1720. The molecule has 6 rings (SSSR count). The van der Waals surface area contributed by atoms with Crippen molar-refractivity contribution in [2.75, 3.05) is 17.3 Å². The molecule has 2 aliphatic heterocycles. The van der Waals surface area contributed by atoms with Crippen LogP contribution in [0.1, 0.15) is 16.4 Å². The van der Waals surface area contributed by atoms with Crippen LogP contribution in [0.5, 0.6) is 5.75 Å². The predicted octanol–water partition coefficient (Wildman–Crippen LogP) is 5.77. The van der Waals surface area contributed by atoms with Crippen molar-refractivity contribution in [2.45, 2.75) is 22.7 Å². The van der Waals surface area contributed by atoms with Crippen LogP contribution in [0.25, 0.3) is 0 Å². The van der Waals surface area contributed by atoms with Crippen LogP contribution in [-0.4, -0.2) is 34.6 Å². The van der Waals surface area contributed by atoms with E-state index in [4.69, 9.17) is 16.3 Å². The number of carbonyl (C=O) groups excluding carboxylic acids is 3. The number of nitrogens with zero attached hydrogens (tertiary/aromatic N) is 2. The summed E-state index contributed by atoms with van der Waals surface area (Å²) in [5.41, 5.74) is 1.80. The smallest absolute Gasteiger partial charge is 0.308 e. The maximum absolute atomic E-state index is 14.0. The summed E-state index contributed by atoms with van der Waals surface area (Å²) in [6, 6.07) is 20.9. The van der Waals surface area contributed by atoms with E-state index in [2.05, 4.69) is 21.2 Å². The van der Waals surface area contributed by atoms with Crippen LogP contribution in [0.2, 0.25) is 5.02 Å². The Labute approximate surface area is 256 Å². The van der Waals surface area contributed by atoms with Gasteiger partial charge in [0, 0.05) is 26.0 Å². The molecule has 8 nitrogen and oxygen atoms in total. The van der Waals surface area contributed by atoms with Gasteiger partial charge >= 0.3 is 4.87 Å². The number of rotatable bonds is 6. The third-order valence-corrected chi connectivity index (χ3v) is 10.4. The van der Waals surface area contributed by atoms with Gasteiger partial charge < -0.3 is 10.1 Å². The third-order valence-electron chi connectivity index (χ3n) is 7.04. The number of halogens is 2. The van der Waals surface area contributed by atoms with Crippen molar-refractivity contribution in [1.29, 1.82) is 0 Å². The van der Waals surface area contributed by atoms with Crippen LogP contribution in [0.3, 0.4) is 0 Å². The molecule has 1 N–H and O–H groups in total. The quantitative estimate of drug-likeness (QED) is 0.262. The number of fused-ring (bicyclic) bond motifs is 2. The number of nitrogens with one attached hydrogen (secondary N) is 1. The van der Waals surface area contributed by atoms with Gasteiger partial charge in [-0.25, -0.2) is 4.90 Å². The minimum absolute atomic E-state index is 0.244. The van der Waals surface area contributed by atoms with E-state index in [9.17, 15) is 19.2 Å². The van der Waals surface area contributed by atoms with Crippen LogP contribution >= 0.6 is 50.6 Å². The number of hydrogen-bond acceptors (Lipinski definition) is 7. The number of anilines is 2. The molecule has 0 spiro atoms. The zero-order valence-corrected chi connectivity index (χ0v) is 25.4. The Hall–Kier alpha value is -3.38. The minimum atomic E-state index is -0.773. The highest BCUT2D eigenvalue weighted by atomic mass is 79.9. The number of ether oxygens (including phenoxy) is 1. The average Bonchev–Trinajstić information content (AvgIpc) is 3.41. The maximum atomic E-state index is 14.0. The van der Waals surface area contributed by atoms with E-state index in [0.29, 0.717) is 32.1 Å². The summed E-state index contributed by atoms with van der Waals surface area (Å²) >= 11 is 11.5. The van der Waals surface area contributed by atoms with Gasteiger partial charge in [0.25, 0.3) is 0 Å². The van der Waals surface area contributed by atoms with Crippen LogP contribution in [0.15, 0.2) is 87.1 Å². The number of amides is 3. The molecule has 0 radical (unpaired) electrons. The zero-order valence-electron chi connectivity index (χ0n) is 21.4. The Balaban J connectivity index is 1.40. The molecule has 0 saturated carbocycles. The molecule has 208 valence electrons. The molecule has 12 heteroatoms. The maximum Gasteiger partial charge on any atom is 0.308 e. The lowest BCUT2D eigenvalue weighted by Gasteiger charge is -2.30. The summed E-state index contributed by atoms with van der Waals surface area (Å²) in [5.74, 6) is -1.72. The van der Waals surface area contributed by atoms with Crippen LogP contribution in [0.4, 0.5) is 11.4 Å². The first-order valence-corrected chi connectivity index (χ1v) is 15.3. The molecule has 3 aromatic carbocycles. The van der Waals surface area contributed by atoms with Gasteiger partial charge in [-0.05, 0) is 66.2 Å². The third kappa shape index (κ3) is 5.12. The highest BCUT2D eigenvalue weighted by molar-refractivity contribution is 9.10. The van der Waals surface area contributed by atoms with Gasteiger partial charge in [-0.1, -0.05) is 62.8 Å². The molecule has 1 saturated heterocycles. The lowest BCUT2D eigenvalue weighted by molar-refractivity contribution is -0.122. The molecule has 0 bridgehead atoms. The lowest BCUT2D eigenvalue weighted by atomic mass is 9.83. The topological polar surface area (TPSA) is 97.7 Å². The van der Waals surface area contributed by atoms with E-state index < -0.39 is 23.0 Å². The van der Waals surface area contributed by atoms with E-state index in [1.54, 1.807) is 67.8 Å². The monoisotopic (exact) mass is 669 g/mol. The SMILES string of the molecule is COc1ccc([C@@H]2c3sc(=O)n(CC(=O)Nc4ccc(Cl)cc4)c3S[C@H]3C(=O)N(c4ccc(Br)cc4)C(=O)[C@@H]23)cc1. The number of methoxy groups -OCH3 is 1. The Morgan fingerprint density at radius 2 is 1.66 bits per heavy atom. The lowest BCUT2D eigenvalue weighted by Crippen LogP contribution is -2.33. The van der Waals surface area contributed by atoms with Crippen molar-refractivity contribution >= 4 is 79.7 Å². The van der Waals surface area contributed by atoms with E-state index in [0.717, 1.165) is 21.4 Å². The van der Waals surface area contributed by atoms with E-state index >= 15 is 0 Å². The molecule has 4 aromatic rings. The highest BCUT2D eigenvalue weighted by Gasteiger charge is 2.56. The molecular weight excluding hydrogens is 650 g/mol. The fourth-order valence-electron chi connectivity index (χ4n) is 5.15. The molecule has 1 aromatic heterocycles. The van der Waals surface area contributed by atoms with Crippen molar-refractivity contribution in [1.82, 2.24) is 4.57 Å². The van der Waals surface area contributed by atoms with Gasteiger partial charge in [-0.2, -0.15) is 0 Å². The molecule has 41 heavy (non-hydrogen) atoms. The number of carbonyl (C=O) groups is 3. The highest BCUT2D eigenvalue weighted by Crippen LogP contribution is 2.54. The second-order valence-electron chi connectivity index (χ2n) is 9.48. The summed E-state index contributed by atoms with van der Waals surface area (Å²) in [7, 11) is 1.57. The molecule has 0 unspecified atom stereocenters. The van der Waals surface area contributed by atoms with Gasteiger partial charge in [-0.15, -0.1) is 0 Å². The molecule has 3 heterocycles. The number of thioether (sulfide) groups is 1. The van der Waals surface area contributed by atoms with Crippen molar-refractivity contribution in [3.8, 4) is 5.75 Å². The Morgan fingerprint density at radius 1 is 0.976 bits per heavy atom. The molecule has 0 aliphatic carbocycles. The van der Waals surface area contributed by atoms with Crippen LogP contribution in [0, 0.1) is 5.92 Å². The number of aromatic nitrogens is 1. The number of hydrogen-bond donors (Lipinski definition) is 1. The zero-order chi connectivity index (χ0) is 28.8. The van der Waals surface area contributed by atoms with Crippen molar-refractivity contribution in [2.24, 2.45) is 5.92 Å². The standard InChI is InChI=1S/C29H21BrClN3O5S2/c1-39-20-12-2-15(3-13-20)22-23-24(27(37)34(26(23)36)19-10-4-16(30)5-11-19)40-28-25(22)41-29(38)33(28)14-21(35)32-18-8-6-17(31)7-9-18/h2-13,22-24H,14H2,1H3,(H,32,35)/t22-,23-,24+/m0/s1. The molecular formula is C29H21BrClN3O5S2. The fourth-order valence-corrected chi connectivity index (χ4v) is 8.31. The molecule has 2 aliphatic rings. The van der Waals surface area contributed by atoms with Crippen molar-refractivity contribution in [3.05, 3.63) is 102 Å². The van der Waals surface area contributed by atoms with Gasteiger partial charge in [0.15, 0.2) is 0 Å². The fraction of sp³-hybridized carbons (Fsp3) is 0.172. The number of benzene rings is 3. The molecule has 3 amide bonds. The van der Waals surface area contributed by atoms with Gasteiger partial charge in [0.2, 0.25) is 17.7 Å². The average molecular weight is 671 g/mol. The van der Waals surface area contributed by atoms with Crippen molar-refractivity contribution < 1.29 is 19.1 Å². The Kier molecular flexibility index (Phi) is 7.54. The second-order valence-corrected chi connectivity index (χ2v) is 13.0. The predicted molar refractivity (Wildman–Crippen MR) is 163 cm³/mol.